The zero-order valence-electron chi connectivity index (χ0n) is 15.5. The van der Waals surface area contributed by atoms with Crippen molar-refractivity contribution in [1.82, 2.24) is 0 Å². The van der Waals surface area contributed by atoms with Crippen LogP contribution in [0.5, 0.6) is 5.75 Å². The van der Waals surface area contributed by atoms with Crippen LogP contribution < -0.4 is 9.84 Å². The topological polar surface area (TPSA) is 119 Å². The lowest BCUT2D eigenvalue weighted by Crippen LogP contribution is -2.33. The SMILES string of the molecule is O=C([O-])COCC(O)C(O)/C=C/C=C/C#C/C=C/C(O)COc1ccc(F)cc1. The first-order chi connectivity index (χ1) is 13.9. The van der Waals surface area contributed by atoms with Crippen LogP contribution >= 0.6 is 0 Å². The molecule has 156 valence electrons. The van der Waals surface area contributed by atoms with E-state index in [4.69, 9.17) is 4.74 Å². The standard InChI is InChI=1S/C21H23FO7/c22-16-9-11-18(12-10-16)29-13-17(23)7-5-3-1-2-4-6-8-19(24)20(25)14-28-15-21(26)27/h2,4-12,17,19-20,23-25H,13-15H2,(H,26,27)/p-1/b4-2+,7-5+,8-6+. The molecule has 3 N–H and O–H groups in total. The summed E-state index contributed by atoms with van der Waals surface area (Å²) in [6, 6.07) is 5.43. The molecule has 0 aliphatic rings. The van der Waals surface area contributed by atoms with Gasteiger partial charge in [-0.25, -0.2) is 4.39 Å². The average molecular weight is 405 g/mol. The van der Waals surface area contributed by atoms with Gasteiger partial charge in [-0.3, -0.25) is 0 Å². The number of allylic oxidation sites excluding steroid dienone is 4. The third-order valence-electron chi connectivity index (χ3n) is 3.22. The van der Waals surface area contributed by atoms with E-state index in [0.29, 0.717) is 5.75 Å². The predicted molar refractivity (Wildman–Crippen MR) is 101 cm³/mol. The van der Waals surface area contributed by atoms with Crippen LogP contribution in [0.15, 0.2) is 60.7 Å². The molecule has 1 rings (SSSR count). The summed E-state index contributed by atoms with van der Waals surface area (Å²) in [5.41, 5.74) is 0. The van der Waals surface area contributed by atoms with Crippen molar-refractivity contribution in [3.05, 3.63) is 66.5 Å². The molecule has 3 atom stereocenters. The Morgan fingerprint density at radius 2 is 1.76 bits per heavy atom. The van der Waals surface area contributed by atoms with Gasteiger partial charge >= 0.3 is 0 Å². The first-order valence-corrected chi connectivity index (χ1v) is 8.59. The highest BCUT2D eigenvalue weighted by molar-refractivity contribution is 5.65. The van der Waals surface area contributed by atoms with Crippen LogP contribution in [-0.2, 0) is 9.53 Å². The van der Waals surface area contributed by atoms with E-state index in [1.807, 2.05) is 0 Å². The zero-order chi connectivity index (χ0) is 21.5. The first-order valence-electron chi connectivity index (χ1n) is 8.59. The van der Waals surface area contributed by atoms with Crippen LogP contribution in [0.1, 0.15) is 0 Å². The molecular formula is C21H22FO7-. The van der Waals surface area contributed by atoms with E-state index in [1.54, 1.807) is 0 Å². The van der Waals surface area contributed by atoms with Crippen molar-refractivity contribution in [3.8, 4) is 17.6 Å². The van der Waals surface area contributed by atoms with E-state index >= 15 is 0 Å². The van der Waals surface area contributed by atoms with Gasteiger partial charge in [0.2, 0.25) is 0 Å². The fraction of sp³-hybridized carbons (Fsp3) is 0.286. The Hall–Kier alpha value is -2.96. The Morgan fingerprint density at radius 3 is 2.45 bits per heavy atom. The number of hydrogen-bond acceptors (Lipinski definition) is 7. The molecule has 3 unspecified atom stereocenters. The number of aliphatic hydroxyl groups is 3. The second kappa shape index (κ2) is 14.1. The minimum Gasteiger partial charge on any atom is -0.548 e. The van der Waals surface area contributed by atoms with Crippen molar-refractivity contribution >= 4 is 5.97 Å². The Bertz CT molecular complexity index is 759. The van der Waals surface area contributed by atoms with Gasteiger partial charge < -0.3 is 34.7 Å². The Labute approximate surface area is 168 Å². The quantitative estimate of drug-likeness (QED) is 0.342. The number of aliphatic hydroxyl groups excluding tert-OH is 3. The zero-order valence-corrected chi connectivity index (χ0v) is 15.5. The first kappa shape index (κ1) is 24.1. The molecule has 8 heteroatoms. The molecule has 0 heterocycles. The number of carboxylic acid groups (broad SMARTS) is 1. The summed E-state index contributed by atoms with van der Waals surface area (Å²) in [5.74, 6) is 3.99. The van der Waals surface area contributed by atoms with Crippen molar-refractivity contribution < 1.29 is 39.1 Å². The second-order valence-corrected chi connectivity index (χ2v) is 5.67. The molecule has 0 aliphatic heterocycles. The van der Waals surface area contributed by atoms with Gasteiger partial charge in [0.15, 0.2) is 0 Å². The van der Waals surface area contributed by atoms with Gasteiger partial charge in [-0.15, -0.1) is 0 Å². The molecule has 0 fully saturated rings. The highest BCUT2D eigenvalue weighted by Crippen LogP contribution is 2.11. The smallest absolute Gasteiger partial charge is 0.123 e. The van der Waals surface area contributed by atoms with E-state index in [9.17, 15) is 29.6 Å². The highest BCUT2D eigenvalue weighted by atomic mass is 19.1. The molecule has 0 aromatic heterocycles. The molecule has 0 amide bonds. The molecule has 0 saturated carbocycles. The van der Waals surface area contributed by atoms with Crippen LogP contribution in [0.25, 0.3) is 0 Å². The lowest BCUT2D eigenvalue weighted by atomic mass is 10.2. The minimum atomic E-state index is -1.41. The summed E-state index contributed by atoms with van der Waals surface area (Å²) >= 11 is 0. The Kier molecular flexibility index (Phi) is 11.7. The van der Waals surface area contributed by atoms with Crippen LogP contribution in [-0.4, -0.2) is 59.4 Å². The number of halogens is 1. The molecule has 1 aromatic rings. The summed E-state index contributed by atoms with van der Waals surface area (Å²) in [6.07, 6.45) is 5.24. The van der Waals surface area contributed by atoms with Gasteiger partial charge in [-0.2, -0.15) is 0 Å². The van der Waals surface area contributed by atoms with Crippen molar-refractivity contribution in [2.75, 3.05) is 19.8 Å². The molecular weight excluding hydrogens is 383 g/mol. The van der Waals surface area contributed by atoms with Crippen molar-refractivity contribution in [3.63, 3.8) is 0 Å². The van der Waals surface area contributed by atoms with Gasteiger partial charge in [0, 0.05) is 0 Å². The number of ether oxygens (including phenoxy) is 2. The van der Waals surface area contributed by atoms with E-state index in [0.717, 1.165) is 0 Å². The van der Waals surface area contributed by atoms with Gasteiger partial charge in [0.25, 0.3) is 0 Å². The van der Waals surface area contributed by atoms with E-state index in [1.165, 1.54) is 60.7 Å². The van der Waals surface area contributed by atoms with Gasteiger partial charge in [-0.1, -0.05) is 30.1 Å². The molecule has 0 aliphatic carbocycles. The number of carbonyl (C=O) groups excluding carboxylic acids is 1. The monoisotopic (exact) mass is 405 g/mol. The van der Waals surface area contributed by atoms with Crippen LogP contribution in [0.2, 0.25) is 0 Å². The summed E-state index contributed by atoms with van der Waals surface area (Å²) < 4.78 is 22.7. The average Bonchev–Trinajstić information content (AvgIpc) is 2.69. The lowest BCUT2D eigenvalue weighted by Gasteiger charge is -2.14. The molecule has 0 saturated heterocycles. The maximum absolute atomic E-state index is 12.8. The van der Waals surface area contributed by atoms with Gasteiger partial charge in [0.1, 0.15) is 36.5 Å². The molecule has 7 nitrogen and oxygen atoms in total. The molecule has 29 heavy (non-hydrogen) atoms. The minimum absolute atomic E-state index is 0.00467. The summed E-state index contributed by atoms with van der Waals surface area (Å²) in [6.45, 7) is -1.01. The largest absolute Gasteiger partial charge is 0.548 e. The van der Waals surface area contributed by atoms with Crippen LogP contribution in [0.3, 0.4) is 0 Å². The van der Waals surface area contributed by atoms with Crippen molar-refractivity contribution in [2.45, 2.75) is 18.3 Å². The molecule has 0 bridgehead atoms. The number of benzene rings is 1. The summed E-state index contributed by atoms with van der Waals surface area (Å²) in [4.78, 5) is 10.2. The van der Waals surface area contributed by atoms with Gasteiger partial charge in [0.05, 0.1) is 19.2 Å². The number of aliphatic carboxylic acids is 1. The van der Waals surface area contributed by atoms with Crippen LogP contribution in [0.4, 0.5) is 4.39 Å². The number of hydrogen-bond donors (Lipinski definition) is 3. The van der Waals surface area contributed by atoms with Crippen molar-refractivity contribution in [1.29, 1.82) is 0 Å². The number of carbonyl (C=O) groups is 1. The summed E-state index contributed by atoms with van der Waals surface area (Å²) in [7, 11) is 0. The fourth-order valence-corrected chi connectivity index (χ4v) is 1.79. The van der Waals surface area contributed by atoms with E-state index < -0.39 is 30.9 Å². The Morgan fingerprint density at radius 1 is 1.07 bits per heavy atom. The van der Waals surface area contributed by atoms with Crippen molar-refractivity contribution in [2.24, 2.45) is 0 Å². The van der Waals surface area contributed by atoms with E-state index in [2.05, 4.69) is 16.6 Å². The third-order valence-corrected chi connectivity index (χ3v) is 3.22. The van der Waals surface area contributed by atoms with Gasteiger partial charge in [-0.05, 0) is 42.5 Å². The van der Waals surface area contributed by atoms with Crippen LogP contribution in [0, 0.1) is 17.7 Å². The lowest BCUT2D eigenvalue weighted by molar-refractivity contribution is -0.310. The third kappa shape index (κ3) is 12.2. The maximum Gasteiger partial charge on any atom is 0.123 e. The highest BCUT2D eigenvalue weighted by Gasteiger charge is 2.12. The Balaban J connectivity index is 2.27. The number of rotatable bonds is 11. The summed E-state index contributed by atoms with van der Waals surface area (Å²) in [5, 5.41) is 39.0. The normalized spacial score (nSPS) is 14.6. The maximum atomic E-state index is 12.8. The second-order valence-electron chi connectivity index (χ2n) is 5.67. The fourth-order valence-electron chi connectivity index (χ4n) is 1.79. The molecule has 0 radical (unpaired) electrons. The number of carboxylic acids is 1. The molecule has 0 spiro atoms. The molecule has 1 aromatic carbocycles. The van der Waals surface area contributed by atoms with E-state index in [-0.39, 0.29) is 19.0 Å². The predicted octanol–water partition coefficient (Wildman–Crippen LogP) is -0.274.